The zero-order chi connectivity index (χ0) is 18.4. The molecule has 2 fully saturated rings. The predicted molar refractivity (Wildman–Crippen MR) is 106 cm³/mol. The minimum Gasteiger partial charge on any atom is -0.376 e. The molecular weight excluding hydrogens is 336 g/mol. The number of allylic oxidation sites excluding steroid dienone is 2. The fraction of sp³-hybridized carbons (Fsp3) is 0.333. The lowest BCUT2D eigenvalue weighted by Gasteiger charge is -2.20. The minimum absolute atomic E-state index is 0.0829. The molecule has 3 aliphatic heterocycles. The van der Waals surface area contributed by atoms with Crippen LogP contribution in [0.4, 0.5) is 0 Å². The van der Waals surface area contributed by atoms with Gasteiger partial charge >= 0.3 is 0 Å². The highest BCUT2D eigenvalue weighted by Gasteiger charge is 2.51. The van der Waals surface area contributed by atoms with Crippen molar-refractivity contribution >= 4 is 0 Å². The van der Waals surface area contributed by atoms with E-state index < -0.39 is 0 Å². The van der Waals surface area contributed by atoms with Crippen LogP contribution in [0.25, 0.3) is 11.1 Å². The average Bonchev–Trinajstić information content (AvgIpc) is 3.60. The molecule has 2 aromatic carbocycles. The summed E-state index contributed by atoms with van der Waals surface area (Å²) >= 11 is 0. The molecule has 138 valence electrons. The van der Waals surface area contributed by atoms with Gasteiger partial charge in [0.15, 0.2) is 0 Å². The third-order valence-corrected chi connectivity index (χ3v) is 5.71. The number of hydrogen-bond acceptors (Lipinski definition) is 3. The Labute approximate surface area is 160 Å². The molecule has 3 nitrogen and oxygen atoms in total. The van der Waals surface area contributed by atoms with Gasteiger partial charge in [-0.25, -0.2) is 0 Å². The number of ether oxygens (including phenoxy) is 3. The first kappa shape index (κ1) is 16.9. The molecule has 4 atom stereocenters. The standard InChI is InChI=1S/C24H24O3/c1-3-8-16-12-18(15-10-6-5-7-11-15)22-21(17(16)9-4-2)23-19(26-23)13-25-14-20-24(22)27-20/h3-7,10-12,19-20,23-24H,1-2,8-9,13-14H2. The second-order valence-electron chi connectivity index (χ2n) is 7.47. The second kappa shape index (κ2) is 6.75. The maximum atomic E-state index is 6.06. The van der Waals surface area contributed by atoms with E-state index in [0.29, 0.717) is 13.2 Å². The van der Waals surface area contributed by atoms with Gasteiger partial charge in [-0.05, 0) is 46.2 Å². The summed E-state index contributed by atoms with van der Waals surface area (Å²) in [6, 6.07) is 12.9. The van der Waals surface area contributed by atoms with Gasteiger partial charge < -0.3 is 14.2 Å². The lowest BCUT2D eigenvalue weighted by molar-refractivity contribution is 0.102. The van der Waals surface area contributed by atoms with E-state index >= 15 is 0 Å². The molecule has 3 heterocycles. The van der Waals surface area contributed by atoms with Crippen molar-refractivity contribution in [3.8, 4) is 11.1 Å². The Morgan fingerprint density at radius 1 is 0.889 bits per heavy atom. The Hall–Kier alpha value is -2.20. The van der Waals surface area contributed by atoms with Gasteiger partial charge in [0, 0.05) is 0 Å². The van der Waals surface area contributed by atoms with Crippen LogP contribution >= 0.6 is 0 Å². The van der Waals surface area contributed by atoms with Gasteiger partial charge in [-0.15, -0.1) is 13.2 Å². The van der Waals surface area contributed by atoms with E-state index in [-0.39, 0.29) is 24.4 Å². The van der Waals surface area contributed by atoms with Crippen molar-refractivity contribution in [3.05, 3.63) is 84.0 Å². The van der Waals surface area contributed by atoms with E-state index in [9.17, 15) is 0 Å². The van der Waals surface area contributed by atoms with Crippen molar-refractivity contribution in [1.82, 2.24) is 0 Å². The van der Waals surface area contributed by atoms with Crippen LogP contribution in [-0.4, -0.2) is 25.4 Å². The third kappa shape index (κ3) is 2.96. The van der Waals surface area contributed by atoms with Crippen LogP contribution < -0.4 is 0 Å². The monoisotopic (exact) mass is 360 g/mol. The van der Waals surface area contributed by atoms with Crippen molar-refractivity contribution < 1.29 is 14.2 Å². The van der Waals surface area contributed by atoms with Crippen LogP contribution in [-0.2, 0) is 27.1 Å². The van der Waals surface area contributed by atoms with E-state index in [2.05, 4.69) is 49.6 Å². The molecule has 0 aromatic heterocycles. The summed E-state index contributed by atoms with van der Waals surface area (Å²) in [5.74, 6) is 0. The SMILES string of the molecule is C=CCc1cc(-c2ccccc2)c2c(c1CC=C)C1OC1COCC1OC21. The summed E-state index contributed by atoms with van der Waals surface area (Å²) in [7, 11) is 0. The molecule has 0 aliphatic carbocycles. The predicted octanol–water partition coefficient (Wildman–Crippen LogP) is 4.72. The maximum Gasteiger partial charge on any atom is 0.113 e. The molecule has 2 saturated heterocycles. The van der Waals surface area contributed by atoms with Crippen molar-refractivity contribution in [2.45, 2.75) is 37.3 Å². The van der Waals surface area contributed by atoms with Gasteiger partial charge in [0.2, 0.25) is 0 Å². The molecule has 5 rings (SSSR count). The number of benzene rings is 2. The molecule has 27 heavy (non-hydrogen) atoms. The fourth-order valence-corrected chi connectivity index (χ4v) is 4.38. The van der Waals surface area contributed by atoms with Crippen molar-refractivity contribution in [2.75, 3.05) is 13.2 Å². The maximum absolute atomic E-state index is 6.06. The number of hydrogen-bond donors (Lipinski definition) is 0. The van der Waals surface area contributed by atoms with Gasteiger partial charge in [0.1, 0.15) is 24.4 Å². The first-order chi connectivity index (χ1) is 13.3. The third-order valence-electron chi connectivity index (χ3n) is 5.71. The molecule has 2 aromatic rings. The number of rotatable bonds is 5. The highest BCUT2D eigenvalue weighted by Crippen LogP contribution is 2.54. The molecule has 4 unspecified atom stereocenters. The minimum atomic E-state index is 0.0829. The van der Waals surface area contributed by atoms with Crippen LogP contribution in [0.2, 0.25) is 0 Å². The highest BCUT2D eigenvalue weighted by molar-refractivity contribution is 5.73. The molecule has 0 bridgehead atoms. The van der Waals surface area contributed by atoms with E-state index in [1.807, 2.05) is 12.2 Å². The fourth-order valence-electron chi connectivity index (χ4n) is 4.38. The molecular formula is C24H24O3. The Bertz CT molecular complexity index is 886. The van der Waals surface area contributed by atoms with Crippen LogP contribution in [0, 0.1) is 0 Å². The average molecular weight is 360 g/mol. The summed E-state index contributed by atoms with van der Waals surface area (Å²) in [5.41, 5.74) is 7.68. The topological polar surface area (TPSA) is 34.3 Å². The van der Waals surface area contributed by atoms with Gasteiger partial charge in [0.25, 0.3) is 0 Å². The summed E-state index contributed by atoms with van der Waals surface area (Å²) in [6.07, 6.45) is 6.08. The molecule has 0 N–H and O–H groups in total. The highest BCUT2D eigenvalue weighted by atomic mass is 16.6. The lowest BCUT2D eigenvalue weighted by Crippen LogP contribution is -2.08. The molecule has 3 aliphatic rings. The molecule has 0 spiro atoms. The number of fused-ring (bicyclic) bond motifs is 5. The quantitative estimate of drug-likeness (QED) is 0.571. The zero-order valence-corrected chi connectivity index (χ0v) is 15.4. The van der Waals surface area contributed by atoms with Gasteiger partial charge in [-0.3, -0.25) is 0 Å². The lowest BCUT2D eigenvalue weighted by atomic mass is 9.82. The van der Waals surface area contributed by atoms with Crippen LogP contribution in [0.5, 0.6) is 0 Å². The molecule has 0 amide bonds. The van der Waals surface area contributed by atoms with Gasteiger partial charge in [0.05, 0.1) is 13.2 Å². The smallest absolute Gasteiger partial charge is 0.113 e. The Morgan fingerprint density at radius 3 is 2.22 bits per heavy atom. The summed E-state index contributed by atoms with van der Waals surface area (Å²) in [5, 5.41) is 0. The number of epoxide rings is 2. The summed E-state index contributed by atoms with van der Waals surface area (Å²) < 4.78 is 17.9. The van der Waals surface area contributed by atoms with Crippen molar-refractivity contribution in [2.24, 2.45) is 0 Å². The molecule has 0 radical (unpaired) electrons. The molecule has 0 saturated carbocycles. The van der Waals surface area contributed by atoms with Crippen molar-refractivity contribution in [3.63, 3.8) is 0 Å². The van der Waals surface area contributed by atoms with E-state index in [1.165, 1.54) is 33.4 Å². The summed E-state index contributed by atoms with van der Waals surface area (Å²) in [4.78, 5) is 0. The van der Waals surface area contributed by atoms with E-state index in [4.69, 9.17) is 14.2 Å². The van der Waals surface area contributed by atoms with Crippen LogP contribution in [0.15, 0.2) is 61.7 Å². The first-order valence-corrected chi connectivity index (χ1v) is 9.66. The Morgan fingerprint density at radius 2 is 1.56 bits per heavy atom. The summed E-state index contributed by atoms with van der Waals surface area (Å²) in [6.45, 7) is 9.23. The van der Waals surface area contributed by atoms with Crippen molar-refractivity contribution in [1.29, 1.82) is 0 Å². The van der Waals surface area contributed by atoms with E-state index in [0.717, 1.165) is 12.8 Å². The van der Waals surface area contributed by atoms with Crippen LogP contribution in [0.1, 0.15) is 34.5 Å². The molecule has 3 heteroatoms. The second-order valence-corrected chi connectivity index (χ2v) is 7.47. The van der Waals surface area contributed by atoms with Gasteiger partial charge in [-0.2, -0.15) is 0 Å². The zero-order valence-electron chi connectivity index (χ0n) is 15.4. The normalized spacial score (nSPS) is 27.9. The van der Waals surface area contributed by atoms with Crippen LogP contribution in [0.3, 0.4) is 0 Å². The first-order valence-electron chi connectivity index (χ1n) is 9.66. The Kier molecular flexibility index (Phi) is 4.24. The largest absolute Gasteiger partial charge is 0.376 e. The van der Waals surface area contributed by atoms with Gasteiger partial charge in [-0.1, -0.05) is 48.6 Å². The Balaban J connectivity index is 1.78. The van der Waals surface area contributed by atoms with E-state index in [1.54, 1.807) is 0 Å².